The second-order valence-corrected chi connectivity index (χ2v) is 5.77. The van der Waals surface area contributed by atoms with Crippen molar-refractivity contribution < 1.29 is 0 Å². The third-order valence-corrected chi connectivity index (χ3v) is 4.15. The molecule has 0 radical (unpaired) electrons. The van der Waals surface area contributed by atoms with Gasteiger partial charge in [-0.25, -0.2) is 0 Å². The Balaban J connectivity index is 1.26. The lowest BCUT2D eigenvalue weighted by molar-refractivity contribution is 0.378. The minimum absolute atomic E-state index is 0.870. The zero-order chi connectivity index (χ0) is 10.1. The monoisotopic (exact) mass is 208 g/mol. The van der Waals surface area contributed by atoms with Crippen molar-refractivity contribution in [3.8, 4) is 0 Å². The highest BCUT2D eigenvalue weighted by Crippen LogP contribution is 2.48. The maximum Gasteiger partial charge on any atom is 0.00793 e. The normalized spacial score (nSPS) is 26.2. The molecule has 0 atom stereocenters. The van der Waals surface area contributed by atoms with Crippen molar-refractivity contribution in [2.24, 2.45) is 17.8 Å². The molecule has 86 valence electrons. The van der Waals surface area contributed by atoms with Gasteiger partial charge in [-0.1, -0.05) is 0 Å². The summed E-state index contributed by atoms with van der Waals surface area (Å²) >= 11 is 0. The minimum atomic E-state index is 0.870. The van der Waals surface area contributed by atoms with E-state index in [0.29, 0.717) is 0 Å². The molecule has 0 amide bonds. The smallest absolute Gasteiger partial charge is 0.00793 e. The fourth-order valence-corrected chi connectivity index (χ4v) is 2.69. The molecule has 0 aromatic carbocycles. The van der Waals surface area contributed by atoms with Crippen LogP contribution in [0.2, 0.25) is 0 Å². The Labute approximate surface area is 93.2 Å². The molecule has 0 aromatic heterocycles. The summed E-state index contributed by atoms with van der Waals surface area (Å²) in [4.78, 5) is 0. The second-order valence-electron chi connectivity index (χ2n) is 5.77. The van der Waals surface area contributed by atoms with Gasteiger partial charge in [0.15, 0.2) is 0 Å². The summed E-state index contributed by atoms with van der Waals surface area (Å²) in [6.07, 6.45) is 8.89. The van der Waals surface area contributed by atoms with Crippen LogP contribution in [0, 0.1) is 17.8 Å². The average molecular weight is 208 g/mol. The van der Waals surface area contributed by atoms with Crippen LogP contribution in [-0.2, 0) is 0 Å². The third-order valence-electron chi connectivity index (χ3n) is 4.15. The molecule has 2 nitrogen and oxygen atoms in total. The molecule has 3 aliphatic carbocycles. The Morgan fingerprint density at radius 1 is 0.867 bits per heavy atom. The molecule has 2 heteroatoms. The SMILES string of the molecule is C(CNC1CC1)NCC(C1CC1)C1CC1. The molecule has 15 heavy (non-hydrogen) atoms. The number of nitrogens with one attached hydrogen (secondary N) is 2. The predicted molar refractivity (Wildman–Crippen MR) is 62.8 cm³/mol. The highest BCUT2D eigenvalue weighted by Gasteiger charge is 2.40. The van der Waals surface area contributed by atoms with E-state index in [1.54, 1.807) is 0 Å². The molecule has 0 aliphatic heterocycles. The molecule has 0 unspecified atom stereocenters. The predicted octanol–water partition coefficient (Wildman–Crippen LogP) is 1.76. The minimum Gasteiger partial charge on any atom is -0.315 e. The van der Waals surface area contributed by atoms with Gasteiger partial charge in [0.1, 0.15) is 0 Å². The van der Waals surface area contributed by atoms with Gasteiger partial charge in [-0.3, -0.25) is 0 Å². The quantitative estimate of drug-likeness (QED) is 0.594. The number of hydrogen-bond acceptors (Lipinski definition) is 2. The molecule has 3 fully saturated rings. The van der Waals surface area contributed by atoms with Crippen molar-refractivity contribution in [3.05, 3.63) is 0 Å². The van der Waals surface area contributed by atoms with Crippen LogP contribution in [-0.4, -0.2) is 25.7 Å². The van der Waals surface area contributed by atoms with E-state index in [9.17, 15) is 0 Å². The summed E-state index contributed by atoms with van der Waals surface area (Å²) < 4.78 is 0. The van der Waals surface area contributed by atoms with Crippen LogP contribution in [0.25, 0.3) is 0 Å². The molecular weight excluding hydrogens is 184 g/mol. The molecule has 3 rings (SSSR count). The van der Waals surface area contributed by atoms with E-state index < -0.39 is 0 Å². The van der Waals surface area contributed by atoms with Crippen LogP contribution in [0.3, 0.4) is 0 Å². The molecule has 0 saturated heterocycles. The van der Waals surface area contributed by atoms with Crippen molar-refractivity contribution in [1.82, 2.24) is 10.6 Å². The van der Waals surface area contributed by atoms with Crippen LogP contribution in [0.5, 0.6) is 0 Å². The van der Waals surface area contributed by atoms with Gasteiger partial charge in [0, 0.05) is 19.1 Å². The fraction of sp³-hybridized carbons (Fsp3) is 1.00. The molecule has 0 heterocycles. The summed E-state index contributed by atoms with van der Waals surface area (Å²) in [5.74, 6) is 3.23. The Kier molecular flexibility index (Phi) is 2.98. The highest BCUT2D eigenvalue weighted by atomic mass is 15.0. The van der Waals surface area contributed by atoms with E-state index in [1.165, 1.54) is 58.2 Å². The maximum atomic E-state index is 3.65. The molecule has 0 spiro atoms. The summed E-state index contributed by atoms with van der Waals surface area (Å²) in [5.41, 5.74) is 0. The average Bonchev–Trinajstić information content (AvgIpc) is 3.12. The first-order valence-corrected chi connectivity index (χ1v) is 6.87. The van der Waals surface area contributed by atoms with Crippen LogP contribution in [0.4, 0.5) is 0 Å². The molecule has 0 aromatic rings. The lowest BCUT2D eigenvalue weighted by Crippen LogP contribution is -2.32. The largest absolute Gasteiger partial charge is 0.315 e. The van der Waals surface area contributed by atoms with Gasteiger partial charge >= 0.3 is 0 Å². The zero-order valence-corrected chi connectivity index (χ0v) is 9.67. The number of rotatable bonds is 8. The van der Waals surface area contributed by atoms with E-state index in [-0.39, 0.29) is 0 Å². The van der Waals surface area contributed by atoms with E-state index in [0.717, 1.165) is 23.8 Å². The van der Waals surface area contributed by atoms with Gasteiger partial charge in [0.25, 0.3) is 0 Å². The van der Waals surface area contributed by atoms with Crippen molar-refractivity contribution in [2.45, 2.75) is 44.6 Å². The van der Waals surface area contributed by atoms with Crippen LogP contribution in [0.15, 0.2) is 0 Å². The van der Waals surface area contributed by atoms with Crippen LogP contribution in [0.1, 0.15) is 38.5 Å². The Bertz CT molecular complexity index is 193. The van der Waals surface area contributed by atoms with Gasteiger partial charge < -0.3 is 10.6 Å². The van der Waals surface area contributed by atoms with E-state index >= 15 is 0 Å². The molecule has 3 aliphatic rings. The van der Waals surface area contributed by atoms with Gasteiger partial charge in [-0.05, 0) is 62.8 Å². The van der Waals surface area contributed by atoms with Crippen LogP contribution >= 0.6 is 0 Å². The van der Waals surface area contributed by atoms with Crippen molar-refractivity contribution in [1.29, 1.82) is 0 Å². The van der Waals surface area contributed by atoms with Gasteiger partial charge in [0.2, 0.25) is 0 Å². The third kappa shape index (κ3) is 3.18. The lowest BCUT2D eigenvalue weighted by atomic mass is 9.98. The first-order valence-electron chi connectivity index (χ1n) is 6.87. The second kappa shape index (κ2) is 4.42. The van der Waals surface area contributed by atoms with E-state index in [1.807, 2.05) is 0 Å². The van der Waals surface area contributed by atoms with Gasteiger partial charge in [0.05, 0.1) is 0 Å². The zero-order valence-electron chi connectivity index (χ0n) is 9.67. The summed E-state index contributed by atoms with van der Waals surface area (Å²) in [5, 5.41) is 7.21. The highest BCUT2D eigenvalue weighted by molar-refractivity contribution is 4.92. The Hall–Kier alpha value is -0.0800. The summed E-state index contributed by atoms with van der Waals surface area (Å²) in [6, 6.07) is 0.870. The van der Waals surface area contributed by atoms with Gasteiger partial charge in [-0.15, -0.1) is 0 Å². The summed E-state index contributed by atoms with van der Waals surface area (Å²) in [6.45, 7) is 3.64. The molecular formula is C13H24N2. The van der Waals surface area contributed by atoms with Crippen molar-refractivity contribution in [3.63, 3.8) is 0 Å². The summed E-state index contributed by atoms with van der Waals surface area (Å²) in [7, 11) is 0. The van der Waals surface area contributed by atoms with Crippen molar-refractivity contribution >= 4 is 0 Å². The molecule has 2 N–H and O–H groups in total. The topological polar surface area (TPSA) is 24.1 Å². The Morgan fingerprint density at radius 2 is 1.53 bits per heavy atom. The molecule has 0 bridgehead atoms. The van der Waals surface area contributed by atoms with Crippen molar-refractivity contribution in [2.75, 3.05) is 19.6 Å². The first kappa shape index (κ1) is 10.1. The fourth-order valence-electron chi connectivity index (χ4n) is 2.69. The first-order chi connectivity index (χ1) is 7.43. The lowest BCUT2D eigenvalue weighted by Gasteiger charge is -2.16. The standard InChI is InChI=1S/C13H24N2/c1-2-10(1)13(11-3-4-11)9-14-7-8-15-12-5-6-12/h10-15H,1-9H2. The van der Waals surface area contributed by atoms with E-state index in [2.05, 4.69) is 10.6 Å². The van der Waals surface area contributed by atoms with E-state index in [4.69, 9.17) is 0 Å². The number of hydrogen-bond donors (Lipinski definition) is 2. The maximum absolute atomic E-state index is 3.65. The Morgan fingerprint density at radius 3 is 2.07 bits per heavy atom. The van der Waals surface area contributed by atoms with Gasteiger partial charge in [-0.2, -0.15) is 0 Å². The van der Waals surface area contributed by atoms with Crippen LogP contribution < -0.4 is 10.6 Å². The molecule has 3 saturated carbocycles.